The molecule has 1 aromatic heterocycles. The lowest BCUT2D eigenvalue weighted by Crippen LogP contribution is -2.59. The van der Waals surface area contributed by atoms with E-state index in [1.165, 1.54) is 0 Å². The fourth-order valence-electron chi connectivity index (χ4n) is 9.54. The monoisotopic (exact) mass is 799 g/mol. The quantitative estimate of drug-likeness (QED) is 0.0985. The Morgan fingerprint density at radius 2 is 1.72 bits per heavy atom. The number of hydrogen-bond donors (Lipinski definition) is 1. The number of ketones is 1. The van der Waals surface area contributed by atoms with Crippen LogP contribution >= 0.6 is 0 Å². The van der Waals surface area contributed by atoms with E-state index in [2.05, 4.69) is 34.7 Å². The molecule has 3 aromatic rings. The summed E-state index contributed by atoms with van der Waals surface area (Å²) < 4.78 is 33.5. The molecule has 0 radical (unpaired) electrons. The van der Waals surface area contributed by atoms with Crippen LogP contribution in [0.2, 0.25) is 0 Å². The first-order valence-corrected chi connectivity index (χ1v) is 21.1. The van der Waals surface area contributed by atoms with Gasteiger partial charge < -0.3 is 33.7 Å². The number of benzene rings is 2. The molecule has 14 atom stereocenters. The van der Waals surface area contributed by atoms with Crippen molar-refractivity contribution in [2.75, 3.05) is 20.6 Å². The lowest BCUT2D eigenvalue weighted by atomic mass is 9.78. The Morgan fingerprint density at radius 1 is 1.02 bits per heavy atom. The maximum absolute atomic E-state index is 14.7. The highest BCUT2D eigenvalue weighted by atomic mass is 16.7. The number of esters is 1. The molecule has 3 fully saturated rings. The Hall–Kier alpha value is -3.71. The molecule has 0 amide bonds. The summed E-state index contributed by atoms with van der Waals surface area (Å²) in [6.45, 7) is 16.3. The Bertz CT molecular complexity index is 1890. The molecule has 3 unspecified atom stereocenters. The minimum absolute atomic E-state index is 0.0335. The van der Waals surface area contributed by atoms with Gasteiger partial charge in [-0.05, 0) is 103 Å². The van der Waals surface area contributed by atoms with E-state index in [9.17, 15) is 14.7 Å². The number of rotatable bonds is 10. The van der Waals surface area contributed by atoms with Crippen LogP contribution in [-0.2, 0) is 39.9 Å². The van der Waals surface area contributed by atoms with E-state index in [1.54, 1.807) is 33.2 Å². The molecule has 6 rings (SSSR count). The Morgan fingerprint density at radius 3 is 2.43 bits per heavy atom. The van der Waals surface area contributed by atoms with Crippen LogP contribution in [0.5, 0.6) is 0 Å². The second-order valence-electron chi connectivity index (χ2n) is 17.8. The van der Waals surface area contributed by atoms with Crippen molar-refractivity contribution in [3.8, 4) is 0 Å². The zero-order valence-electron chi connectivity index (χ0n) is 36.0. The zero-order valence-corrected chi connectivity index (χ0v) is 36.0. The third kappa shape index (κ3) is 9.67. The van der Waals surface area contributed by atoms with Gasteiger partial charge in [0.25, 0.3) is 0 Å². The van der Waals surface area contributed by atoms with Crippen LogP contribution in [0.25, 0.3) is 17.0 Å². The number of carbonyl (C=O) groups is 2. The second kappa shape index (κ2) is 18.3. The molecule has 58 heavy (non-hydrogen) atoms. The van der Waals surface area contributed by atoms with Crippen molar-refractivity contribution in [3.63, 3.8) is 0 Å². The standard InChI is InChI=1S/C47H65N3O8/c1-11-39-47(8,53)42-33(6)50(42)27-29(2)25-46(7,55-22-21-35-24-36-19-15-16-20-37(36)48-26-35)43(31(4)40(51)32(5)44(52)57-39)58-45-41(38(49(9)10)23-30(3)56-45)54-28-34-17-13-12-14-18-34/h12-22,24,26,29-33,38-39,41-43,45,53H,11,23,25,27-28H2,1-10H3/b22-21+/t29-,30-,31+,32-,33?,38+,39+,41-,42?,43-,45+,46+,47-,50?/m1/s1. The number of aromatic nitrogens is 1. The maximum atomic E-state index is 14.7. The van der Waals surface area contributed by atoms with Crippen LogP contribution in [0.1, 0.15) is 85.8 Å². The van der Waals surface area contributed by atoms with Crippen molar-refractivity contribution in [3.05, 3.63) is 84.2 Å². The van der Waals surface area contributed by atoms with Gasteiger partial charge in [0.2, 0.25) is 0 Å². The largest absolute Gasteiger partial charge is 0.492 e. The van der Waals surface area contributed by atoms with Gasteiger partial charge in [0.05, 0.1) is 30.5 Å². The molecule has 4 heterocycles. The number of hydrogen-bond acceptors (Lipinski definition) is 11. The predicted molar refractivity (Wildman–Crippen MR) is 224 cm³/mol. The third-order valence-electron chi connectivity index (χ3n) is 12.7. The lowest BCUT2D eigenvalue weighted by molar-refractivity contribution is -0.302. The van der Waals surface area contributed by atoms with Gasteiger partial charge >= 0.3 is 5.97 Å². The first kappa shape index (κ1) is 43.9. The van der Waals surface area contributed by atoms with E-state index in [0.29, 0.717) is 26.0 Å². The van der Waals surface area contributed by atoms with Gasteiger partial charge in [0, 0.05) is 36.1 Å². The van der Waals surface area contributed by atoms with Crippen molar-refractivity contribution in [2.24, 2.45) is 17.8 Å². The number of fused-ring (bicyclic) bond motifs is 2. The molecule has 11 heteroatoms. The van der Waals surface area contributed by atoms with Gasteiger partial charge in [-0.25, -0.2) is 0 Å². The van der Waals surface area contributed by atoms with Crippen molar-refractivity contribution in [2.45, 2.75) is 141 Å². The molecule has 11 nitrogen and oxygen atoms in total. The SMILES string of the molecule is CC[C@@H]1OC(=O)[C@H](C)C(=O)[C@H](C)[C@@H](O[C@@H]2O[C@H](C)C[C@H](N(C)C)[C@H]2OCc2ccccc2)[C@@](C)(O/C=C/c2cnc3ccccc3c2)C[C@@H](C)CN2C(C)C2[C@]1(C)O. The first-order valence-electron chi connectivity index (χ1n) is 21.1. The number of cyclic esters (lactones) is 1. The van der Waals surface area contributed by atoms with E-state index < -0.39 is 53.6 Å². The first-order chi connectivity index (χ1) is 27.5. The van der Waals surface area contributed by atoms with Crippen LogP contribution in [0.4, 0.5) is 0 Å². The minimum atomic E-state index is -1.31. The highest BCUT2D eigenvalue weighted by Gasteiger charge is 2.59. The molecule has 1 N–H and O–H groups in total. The lowest BCUT2D eigenvalue weighted by Gasteiger charge is -2.48. The number of likely N-dealkylation sites (N-methyl/N-ethyl adjacent to an activating group) is 1. The molecular weight excluding hydrogens is 735 g/mol. The number of pyridine rings is 1. The molecule has 0 bridgehead atoms. The normalized spacial score (nSPS) is 37.7. The minimum Gasteiger partial charge on any atom is -0.492 e. The van der Waals surface area contributed by atoms with Gasteiger partial charge in [-0.2, -0.15) is 0 Å². The number of ether oxygens (including phenoxy) is 5. The summed E-state index contributed by atoms with van der Waals surface area (Å²) in [7, 11) is 4.06. The topological polar surface area (TPSA) is 120 Å². The summed E-state index contributed by atoms with van der Waals surface area (Å²) in [4.78, 5) is 37.6. The molecule has 2 aromatic carbocycles. The Labute approximate surface area is 345 Å². The highest BCUT2D eigenvalue weighted by Crippen LogP contribution is 2.43. The van der Waals surface area contributed by atoms with Crippen LogP contribution in [0.3, 0.4) is 0 Å². The fraction of sp³-hybridized carbons (Fsp3) is 0.596. The number of aliphatic hydroxyl groups is 1. The summed E-state index contributed by atoms with van der Waals surface area (Å²) in [6, 6.07) is 19.8. The van der Waals surface area contributed by atoms with E-state index in [-0.39, 0.29) is 35.9 Å². The van der Waals surface area contributed by atoms with Gasteiger partial charge in [0.15, 0.2) is 12.1 Å². The molecular formula is C47H65N3O8. The molecule has 0 spiro atoms. The van der Waals surface area contributed by atoms with E-state index in [0.717, 1.165) is 28.5 Å². The van der Waals surface area contributed by atoms with Crippen molar-refractivity contribution in [1.29, 1.82) is 0 Å². The van der Waals surface area contributed by atoms with Crippen LogP contribution in [0, 0.1) is 17.8 Å². The highest BCUT2D eigenvalue weighted by molar-refractivity contribution is 6.00. The number of Topliss-reactive ketones (excluding diaryl/α,β-unsaturated/α-hetero) is 1. The average Bonchev–Trinajstić information content (AvgIpc) is 3.85. The Kier molecular flexibility index (Phi) is 13.8. The van der Waals surface area contributed by atoms with Crippen LogP contribution < -0.4 is 0 Å². The number of carbonyl (C=O) groups excluding carboxylic acids is 2. The van der Waals surface area contributed by atoms with E-state index in [4.69, 9.17) is 23.7 Å². The van der Waals surface area contributed by atoms with Crippen LogP contribution in [-0.4, -0.2) is 112 Å². The van der Waals surface area contributed by atoms with E-state index in [1.807, 2.05) is 95.5 Å². The second-order valence-corrected chi connectivity index (χ2v) is 17.8. The summed E-state index contributed by atoms with van der Waals surface area (Å²) >= 11 is 0. The summed E-state index contributed by atoms with van der Waals surface area (Å²) in [5, 5.41) is 12.9. The molecule has 3 aliphatic heterocycles. The molecule has 3 saturated heterocycles. The van der Waals surface area contributed by atoms with Gasteiger partial charge in [-0.1, -0.05) is 69.3 Å². The summed E-state index contributed by atoms with van der Waals surface area (Å²) in [5.74, 6) is -2.96. The van der Waals surface area contributed by atoms with Crippen LogP contribution in [0.15, 0.2) is 73.1 Å². The molecule has 0 saturated carbocycles. The van der Waals surface area contributed by atoms with Crippen molar-refractivity contribution < 1.29 is 38.4 Å². The van der Waals surface area contributed by atoms with E-state index >= 15 is 0 Å². The maximum Gasteiger partial charge on any atom is 0.316 e. The van der Waals surface area contributed by atoms with Crippen molar-refractivity contribution >= 4 is 28.7 Å². The Balaban J connectivity index is 1.40. The van der Waals surface area contributed by atoms with Gasteiger partial charge in [-0.3, -0.25) is 19.5 Å². The van der Waals surface area contributed by atoms with Crippen molar-refractivity contribution in [1.82, 2.24) is 14.8 Å². The number of para-hydroxylation sites is 1. The molecule has 3 aliphatic rings. The third-order valence-corrected chi connectivity index (χ3v) is 12.7. The average molecular weight is 800 g/mol. The molecule has 0 aliphatic carbocycles. The fourth-order valence-corrected chi connectivity index (χ4v) is 9.54. The summed E-state index contributed by atoms with van der Waals surface area (Å²) in [5.41, 5.74) is 0.350. The smallest absolute Gasteiger partial charge is 0.316 e. The molecule has 316 valence electrons. The van der Waals surface area contributed by atoms with Gasteiger partial charge in [-0.15, -0.1) is 0 Å². The number of nitrogens with zero attached hydrogens (tertiary/aromatic N) is 3. The predicted octanol–water partition coefficient (Wildman–Crippen LogP) is 7.04. The summed E-state index contributed by atoms with van der Waals surface area (Å²) in [6.07, 6.45) is 3.74. The zero-order chi connectivity index (χ0) is 41.9. The van der Waals surface area contributed by atoms with Gasteiger partial charge in [0.1, 0.15) is 35.4 Å².